The normalized spacial score (nSPS) is 11.3. The fourth-order valence-corrected chi connectivity index (χ4v) is 3.00. The predicted octanol–water partition coefficient (Wildman–Crippen LogP) is 1.00. The molecule has 1 N–H and O–H groups in total. The Hall–Kier alpha value is -1.75. The summed E-state index contributed by atoms with van der Waals surface area (Å²) in [5, 5.41) is 8.57. The molecule has 0 aromatic heterocycles. The minimum Gasteiger partial charge on any atom is -0.460 e. The molecule has 0 heterocycles. The Labute approximate surface area is 249 Å². The maximum atomic E-state index is 11.8. The predicted molar refractivity (Wildman–Crippen MR) is 152 cm³/mol. The van der Waals surface area contributed by atoms with Gasteiger partial charge in [0.25, 0.3) is 0 Å². The molecule has 0 bridgehead atoms. The summed E-state index contributed by atoms with van der Waals surface area (Å²) < 4.78 is 58.9. The number of carbonyl (C=O) groups excluding carboxylic acids is 1. The monoisotopic (exact) mass is 606 g/mol. The second-order valence-electron chi connectivity index (χ2n) is 8.35. The van der Waals surface area contributed by atoms with Gasteiger partial charge >= 0.3 is 5.97 Å². The highest BCUT2D eigenvalue weighted by Crippen LogP contribution is 2.00. The van der Waals surface area contributed by atoms with Crippen LogP contribution in [0.4, 0.5) is 0 Å². The summed E-state index contributed by atoms with van der Waals surface area (Å²) in [4.78, 5) is 11.8. The number of rotatable bonds is 33. The number of hydrogen-bond donors (Lipinski definition) is 1. The van der Waals surface area contributed by atoms with Crippen molar-refractivity contribution in [2.24, 2.45) is 0 Å². The first-order valence-corrected chi connectivity index (χ1v) is 14.4. The van der Waals surface area contributed by atoms with E-state index in [2.05, 4.69) is 0 Å². The molecule has 0 radical (unpaired) electrons. The molecule has 42 heavy (non-hydrogen) atoms. The SMILES string of the molecule is O=C(OCCOCCOCCOCCOCCOCCOCCOCCOCCOCCOCCO)c1ccccc1. The van der Waals surface area contributed by atoms with E-state index >= 15 is 0 Å². The van der Waals surface area contributed by atoms with Crippen molar-refractivity contribution < 1.29 is 62.0 Å². The van der Waals surface area contributed by atoms with Crippen LogP contribution in [-0.4, -0.2) is 156 Å². The van der Waals surface area contributed by atoms with Crippen LogP contribution in [0.2, 0.25) is 0 Å². The van der Waals surface area contributed by atoms with Crippen LogP contribution in [-0.2, 0) is 52.1 Å². The van der Waals surface area contributed by atoms with Crippen molar-refractivity contribution in [1.82, 2.24) is 0 Å². The summed E-state index contributed by atoms with van der Waals surface area (Å²) in [7, 11) is 0. The summed E-state index contributed by atoms with van der Waals surface area (Å²) in [6, 6.07) is 8.84. The number of hydrogen-bond acceptors (Lipinski definition) is 13. The molecule has 0 unspecified atom stereocenters. The van der Waals surface area contributed by atoms with E-state index < -0.39 is 0 Å². The van der Waals surface area contributed by atoms with Crippen molar-refractivity contribution in [1.29, 1.82) is 0 Å². The zero-order valence-electron chi connectivity index (χ0n) is 24.8. The number of ether oxygens (including phenoxy) is 11. The third-order valence-electron chi connectivity index (χ3n) is 5.05. The van der Waals surface area contributed by atoms with E-state index in [0.717, 1.165) is 0 Å². The fourth-order valence-electron chi connectivity index (χ4n) is 3.00. The van der Waals surface area contributed by atoms with Crippen LogP contribution < -0.4 is 0 Å². The van der Waals surface area contributed by atoms with Crippen molar-refractivity contribution in [3.8, 4) is 0 Å². The minimum absolute atomic E-state index is 0.0222. The highest BCUT2D eigenvalue weighted by atomic mass is 16.6. The fraction of sp³-hybridized carbons (Fsp3) is 0.759. The van der Waals surface area contributed by atoms with Crippen molar-refractivity contribution in [2.75, 3.05) is 145 Å². The summed E-state index contributed by atoms with van der Waals surface area (Å²) in [5.74, 6) is -0.358. The standard InChI is InChI=1S/C29H50O13/c30-6-7-32-8-9-33-10-11-34-12-13-35-14-15-36-16-17-37-18-19-38-20-21-39-22-23-40-24-25-41-26-27-42-29(31)28-4-2-1-3-5-28/h1-5,30H,6-27H2. The van der Waals surface area contributed by atoms with Crippen molar-refractivity contribution in [3.63, 3.8) is 0 Å². The quantitative estimate of drug-likeness (QED) is 0.0900. The lowest BCUT2D eigenvalue weighted by Crippen LogP contribution is -2.15. The van der Waals surface area contributed by atoms with Gasteiger partial charge in [0.05, 0.1) is 144 Å². The Morgan fingerprint density at radius 2 is 0.667 bits per heavy atom. The average molecular weight is 607 g/mol. The molecule has 1 rings (SSSR count). The van der Waals surface area contributed by atoms with Gasteiger partial charge in [-0.2, -0.15) is 0 Å². The number of aliphatic hydroxyl groups is 1. The Morgan fingerprint density at radius 3 is 0.952 bits per heavy atom. The average Bonchev–Trinajstić information content (AvgIpc) is 3.02. The topological polar surface area (TPSA) is 139 Å². The molecule has 244 valence electrons. The van der Waals surface area contributed by atoms with E-state index in [4.69, 9.17) is 57.2 Å². The Balaban J connectivity index is 1.64. The summed E-state index contributed by atoms with van der Waals surface area (Å²) in [6.07, 6.45) is 0. The zero-order chi connectivity index (χ0) is 30.0. The molecule has 0 saturated heterocycles. The van der Waals surface area contributed by atoms with Gasteiger partial charge in [-0.15, -0.1) is 0 Å². The van der Waals surface area contributed by atoms with Crippen LogP contribution in [0.5, 0.6) is 0 Å². The van der Waals surface area contributed by atoms with E-state index in [1.807, 2.05) is 6.07 Å². The van der Waals surface area contributed by atoms with Crippen LogP contribution in [0.25, 0.3) is 0 Å². The molecular weight excluding hydrogens is 556 g/mol. The maximum Gasteiger partial charge on any atom is 0.338 e. The molecule has 0 aliphatic heterocycles. The lowest BCUT2D eigenvalue weighted by Gasteiger charge is -2.09. The molecule has 0 saturated carbocycles. The smallest absolute Gasteiger partial charge is 0.338 e. The van der Waals surface area contributed by atoms with Gasteiger partial charge in [-0.25, -0.2) is 4.79 Å². The largest absolute Gasteiger partial charge is 0.460 e. The zero-order valence-corrected chi connectivity index (χ0v) is 24.8. The first-order chi connectivity index (χ1) is 20.8. The third kappa shape index (κ3) is 27.1. The second kappa shape index (κ2) is 32.2. The third-order valence-corrected chi connectivity index (χ3v) is 5.05. The van der Waals surface area contributed by atoms with Gasteiger partial charge in [0.2, 0.25) is 0 Å². The van der Waals surface area contributed by atoms with Gasteiger partial charge in [-0.05, 0) is 12.1 Å². The lowest BCUT2D eigenvalue weighted by atomic mass is 10.2. The molecule has 0 atom stereocenters. The van der Waals surface area contributed by atoms with Gasteiger partial charge in [0, 0.05) is 0 Å². The first kappa shape index (κ1) is 38.3. The van der Waals surface area contributed by atoms with E-state index in [1.54, 1.807) is 24.3 Å². The van der Waals surface area contributed by atoms with Crippen LogP contribution in [0.15, 0.2) is 30.3 Å². The molecule has 13 heteroatoms. The van der Waals surface area contributed by atoms with Gasteiger partial charge < -0.3 is 57.2 Å². The second-order valence-corrected chi connectivity index (χ2v) is 8.35. The van der Waals surface area contributed by atoms with E-state index in [9.17, 15) is 4.79 Å². The molecule has 1 aromatic carbocycles. The van der Waals surface area contributed by atoms with E-state index in [-0.39, 0.29) is 19.2 Å². The molecule has 0 amide bonds. The highest BCUT2D eigenvalue weighted by molar-refractivity contribution is 5.89. The highest BCUT2D eigenvalue weighted by Gasteiger charge is 2.05. The van der Waals surface area contributed by atoms with Crippen LogP contribution >= 0.6 is 0 Å². The molecule has 0 aliphatic rings. The van der Waals surface area contributed by atoms with Crippen LogP contribution in [0.1, 0.15) is 10.4 Å². The van der Waals surface area contributed by atoms with E-state index in [0.29, 0.717) is 138 Å². The van der Waals surface area contributed by atoms with Gasteiger partial charge in [0.15, 0.2) is 0 Å². The molecular formula is C29H50O13. The van der Waals surface area contributed by atoms with Crippen molar-refractivity contribution in [2.45, 2.75) is 0 Å². The summed E-state index contributed by atoms with van der Waals surface area (Å²) in [6.45, 7) is 9.56. The Bertz CT molecular complexity index is 681. The molecule has 0 fully saturated rings. The number of carbonyl (C=O) groups is 1. The van der Waals surface area contributed by atoms with Gasteiger partial charge in [-0.3, -0.25) is 0 Å². The van der Waals surface area contributed by atoms with Crippen molar-refractivity contribution >= 4 is 5.97 Å². The Morgan fingerprint density at radius 1 is 0.405 bits per heavy atom. The van der Waals surface area contributed by atoms with E-state index in [1.165, 1.54) is 0 Å². The van der Waals surface area contributed by atoms with Crippen LogP contribution in [0.3, 0.4) is 0 Å². The summed E-state index contributed by atoms with van der Waals surface area (Å²) >= 11 is 0. The Kier molecular flexibility index (Phi) is 29.3. The molecule has 0 aliphatic carbocycles. The number of benzene rings is 1. The van der Waals surface area contributed by atoms with Gasteiger partial charge in [0.1, 0.15) is 6.61 Å². The van der Waals surface area contributed by atoms with Gasteiger partial charge in [-0.1, -0.05) is 18.2 Å². The molecule has 0 spiro atoms. The van der Waals surface area contributed by atoms with Crippen molar-refractivity contribution in [3.05, 3.63) is 35.9 Å². The molecule has 13 nitrogen and oxygen atoms in total. The maximum absolute atomic E-state index is 11.8. The summed E-state index contributed by atoms with van der Waals surface area (Å²) in [5.41, 5.74) is 0.524. The first-order valence-electron chi connectivity index (χ1n) is 14.4. The van der Waals surface area contributed by atoms with Crippen LogP contribution in [0, 0.1) is 0 Å². The lowest BCUT2D eigenvalue weighted by molar-refractivity contribution is -0.0274. The molecule has 1 aromatic rings. The minimum atomic E-state index is -0.358. The number of aliphatic hydroxyl groups excluding tert-OH is 1. The number of esters is 1.